The standard InChI is InChI=1S/C15H19FN2O4/c16-12-3-5-17(13(20)8-19)9-15(12)4-6-18(10-15)14(21)11-2-1-7-22-11/h1-2,7,12,19H,3-6,8-10H2/t12-,15-/m1/s1. The van der Waals surface area contributed by atoms with Gasteiger partial charge in [0.15, 0.2) is 5.76 Å². The van der Waals surface area contributed by atoms with Crippen LogP contribution in [0.25, 0.3) is 0 Å². The molecule has 0 radical (unpaired) electrons. The van der Waals surface area contributed by atoms with E-state index < -0.39 is 18.2 Å². The lowest BCUT2D eigenvalue weighted by Crippen LogP contribution is -2.54. The summed E-state index contributed by atoms with van der Waals surface area (Å²) in [5, 5.41) is 8.99. The molecule has 0 bridgehead atoms. The molecule has 2 aliphatic heterocycles. The topological polar surface area (TPSA) is 74.0 Å². The summed E-state index contributed by atoms with van der Waals surface area (Å²) in [7, 11) is 0. The van der Waals surface area contributed by atoms with Crippen LogP contribution in [-0.2, 0) is 4.79 Å². The highest BCUT2D eigenvalue weighted by Gasteiger charge is 2.50. The van der Waals surface area contributed by atoms with Crippen molar-refractivity contribution in [3.05, 3.63) is 24.2 Å². The van der Waals surface area contributed by atoms with Gasteiger partial charge in [-0.2, -0.15) is 0 Å². The Bertz CT molecular complexity index is 562. The molecule has 1 aromatic rings. The van der Waals surface area contributed by atoms with Gasteiger partial charge in [-0.3, -0.25) is 9.59 Å². The second-order valence-corrected chi connectivity index (χ2v) is 6.05. The molecule has 120 valence electrons. The molecule has 1 spiro atoms. The summed E-state index contributed by atoms with van der Waals surface area (Å²) in [6.45, 7) is 0.704. The summed E-state index contributed by atoms with van der Waals surface area (Å²) in [6.07, 6.45) is 1.13. The largest absolute Gasteiger partial charge is 0.459 e. The minimum atomic E-state index is -1.05. The summed E-state index contributed by atoms with van der Waals surface area (Å²) in [4.78, 5) is 27.1. The minimum Gasteiger partial charge on any atom is -0.459 e. The highest BCUT2D eigenvalue weighted by molar-refractivity contribution is 5.91. The second kappa shape index (κ2) is 5.72. The average Bonchev–Trinajstić information content (AvgIpc) is 3.19. The molecule has 2 fully saturated rings. The first-order valence-electron chi connectivity index (χ1n) is 7.41. The van der Waals surface area contributed by atoms with Crippen LogP contribution in [0.15, 0.2) is 22.8 Å². The van der Waals surface area contributed by atoms with Gasteiger partial charge in [-0.1, -0.05) is 0 Å². The first-order chi connectivity index (χ1) is 10.6. The van der Waals surface area contributed by atoms with Crippen molar-refractivity contribution in [3.8, 4) is 0 Å². The first kappa shape index (κ1) is 15.0. The number of amides is 2. The van der Waals surface area contributed by atoms with Gasteiger partial charge in [0.2, 0.25) is 5.91 Å². The fraction of sp³-hybridized carbons (Fsp3) is 0.600. The Hall–Kier alpha value is -1.89. The van der Waals surface area contributed by atoms with E-state index in [1.165, 1.54) is 11.2 Å². The fourth-order valence-corrected chi connectivity index (χ4v) is 3.46. The van der Waals surface area contributed by atoms with Crippen LogP contribution in [0, 0.1) is 5.41 Å². The van der Waals surface area contributed by atoms with Crippen LogP contribution >= 0.6 is 0 Å². The molecule has 1 N–H and O–H groups in total. The van der Waals surface area contributed by atoms with Crippen molar-refractivity contribution in [3.63, 3.8) is 0 Å². The Kier molecular flexibility index (Phi) is 3.90. The number of carbonyl (C=O) groups is 2. The van der Waals surface area contributed by atoms with E-state index in [0.717, 1.165) is 0 Å². The Morgan fingerprint density at radius 3 is 2.82 bits per heavy atom. The van der Waals surface area contributed by atoms with E-state index in [1.807, 2.05) is 0 Å². The second-order valence-electron chi connectivity index (χ2n) is 6.05. The number of aliphatic hydroxyl groups is 1. The normalized spacial score (nSPS) is 28.4. The monoisotopic (exact) mass is 310 g/mol. The maximum atomic E-state index is 14.5. The molecule has 3 rings (SSSR count). The number of alkyl halides is 1. The van der Waals surface area contributed by atoms with Crippen molar-refractivity contribution < 1.29 is 23.5 Å². The summed E-state index contributed by atoms with van der Waals surface area (Å²) in [5.74, 6) is -0.395. The Balaban J connectivity index is 1.73. The predicted molar refractivity (Wildman–Crippen MR) is 74.8 cm³/mol. The van der Waals surface area contributed by atoms with Crippen LogP contribution in [0.2, 0.25) is 0 Å². The van der Waals surface area contributed by atoms with E-state index in [1.54, 1.807) is 17.0 Å². The molecule has 0 aromatic carbocycles. The minimum absolute atomic E-state index is 0.242. The number of likely N-dealkylation sites (tertiary alicyclic amines) is 2. The van der Waals surface area contributed by atoms with E-state index in [4.69, 9.17) is 9.52 Å². The van der Waals surface area contributed by atoms with E-state index in [2.05, 4.69) is 0 Å². The maximum Gasteiger partial charge on any atom is 0.289 e. The number of nitrogens with zero attached hydrogens (tertiary/aromatic N) is 2. The van der Waals surface area contributed by atoms with Gasteiger partial charge in [-0.05, 0) is 25.0 Å². The van der Waals surface area contributed by atoms with Crippen LogP contribution in [0.4, 0.5) is 4.39 Å². The number of piperidine rings is 1. The zero-order valence-corrected chi connectivity index (χ0v) is 12.2. The molecule has 22 heavy (non-hydrogen) atoms. The molecule has 2 atom stereocenters. The third-order valence-electron chi connectivity index (χ3n) is 4.72. The SMILES string of the molecule is O=C(CO)N1CC[C@@H](F)[C@]2(CCN(C(=O)c3ccco3)C2)C1. The van der Waals surface area contributed by atoms with Gasteiger partial charge in [0.1, 0.15) is 12.8 Å². The van der Waals surface area contributed by atoms with Gasteiger partial charge in [0, 0.05) is 31.6 Å². The van der Waals surface area contributed by atoms with Crippen molar-refractivity contribution in [1.29, 1.82) is 0 Å². The summed E-state index contributed by atoms with van der Waals surface area (Å²) < 4.78 is 19.6. The summed E-state index contributed by atoms with van der Waals surface area (Å²) in [6, 6.07) is 3.22. The lowest BCUT2D eigenvalue weighted by Gasteiger charge is -2.42. The van der Waals surface area contributed by atoms with Gasteiger partial charge < -0.3 is 19.3 Å². The zero-order chi connectivity index (χ0) is 15.7. The molecule has 1 aromatic heterocycles. The van der Waals surface area contributed by atoms with Crippen molar-refractivity contribution in [2.24, 2.45) is 5.41 Å². The highest BCUT2D eigenvalue weighted by atomic mass is 19.1. The van der Waals surface area contributed by atoms with Crippen LogP contribution < -0.4 is 0 Å². The maximum absolute atomic E-state index is 14.5. The van der Waals surface area contributed by atoms with Gasteiger partial charge in [-0.15, -0.1) is 0 Å². The van der Waals surface area contributed by atoms with Crippen LogP contribution in [0.3, 0.4) is 0 Å². The zero-order valence-electron chi connectivity index (χ0n) is 12.2. The third kappa shape index (κ3) is 2.49. The van der Waals surface area contributed by atoms with Gasteiger partial charge in [0.05, 0.1) is 6.26 Å². The van der Waals surface area contributed by atoms with Crippen LogP contribution in [0.1, 0.15) is 23.4 Å². The molecule has 2 saturated heterocycles. The number of hydrogen-bond acceptors (Lipinski definition) is 4. The van der Waals surface area contributed by atoms with Crippen molar-refractivity contribution in [2.45, 2.75) is 19.0 Å². The van der Waals surface area contributed by atoms with Crippen molar-refractivity contribution in [2.75, 3.05) is 32.8 Å². The molecule has 3 heterocycles. The van der Waals surface area contributed by atoms with Gasteiger partial charge in [0.25, 0.3) is 5.91 Å². The lowest BCUT2D eigenvalue weighted by atomic mass is 9.77. The number of aliphatic hydroxyl groups excluding tert-OH is 1. The fourth-order valence-electron chi connectivity index (χ4n) is 3.46. The Labute approximate surface area is 127 Å². The van der Waals surface area contributed by atoms with Crippen molar-refractivity contribution >= 4 is 11.8 Å². The van der Waals surface area contributed by atoms with E-state index in [9.17, 15) is 14.0 Å². The number of furan rings is 1. The summed E-state index contributed by atoms with van der Waals surface area (Å²) in [5.41, 5.74) is -0.731. The Morgan fingerprint density at radius 2 is 2.14 bits per heavy atom. The van der Waals surface area contributed by atoms with Gasteiger partial charge in [-0.25, -0.2) is 4.39 Å². The average molecular weight is 310 g/mol. The smallest absolute Gasteiger partial charge is 0.289 e. The number of carbonyl (C=O) groups excluding carboxylic acids is 2. The Morgan fingerprint density at radius 1 is 1.36 bits per heavy atom. The third-order valence-corrected chi connectivity index (χ3v) is 4.72. The van der Waals surface area contributed by atoms with E-state index >= 15 is 0 Å². The predicted octanol–water partition coefficient (Wildman–Crippen LogP) is 0.675. The van der Waals surface area contributed by atoms with Crippen LogP contribution in [0.5, 0.6) is 0 Å². The lowest BCUT2D eigenvalue weighted by molar-refractivity contribution is -0.139. The number of hydrogen-bond donors (Lipinski definition) is 1. The molecule has 0 unspecified atom stereocenters. The number of rotatable bonds is 2. The molecule has 2 amide bonds. The highest BCUT2D eigenvalue weighted by Crippen LogP contribution is 2.41. The summed E-state index contributed by atoms with van der Waals surface area (Å²) >= 11 is 0. The van der Waals surface area contributed by atoms with Gasteiger partial charge >= 0.3 is 0 Å². The quantitative estimate of drug-likeness (QED) is 0.871. The molecule has 6 nitrogen and oxygen atoms in total. The molecular formula is C15H19FN2O4. The molecule has 2 aliphatic rings. The van der Waals surface area contributed by atoms with E-state index in [0.29, 0.717) is 19.5 Å². The van der Waals surface area contributed by atoms with Crippen molar-refractivity contribution in [1.82, 2.24) is 9.80 Å². The molecule has 7 heteroatoms. The molecule has 0 saturated carbocycles. The first-order valence-corrected chi connectivity index (χ1v) is 7.41. The molecular weight excluding hydrogens is 291 g/mol. The van der Waals surface area contributed by atoms with E-state index in [-0.39, 0.29) is 37.1 Å². The number of halogens is 1. The van der Waals surface area contributed by atoms with Crippen LogP contribution in [-0.4, -0.2) is 65.7 Å². The molecule has 0 aliphatic carbocycles.